The van der Waals surface area contributed by atoms with Crippen LogP contribution in [0.2, 0.25) is 0 Å². The first-order chi connectivity index (χ1) is 9.29. The highest BCUT2D eigenvalue weighted by Gasteiger charge is 2.21. The van der Waals surface area contributed by atoms with Gasteiger partial charge in [-0.05, 0) is 37.6 Å². The maximum absolute atomic E-state index is 5.48. The molecule has 1 fully saturated rings. The highest BCUT2D eigenvalue weighted by molar-refractivity contribution is 5.50. The molecule has 0 saturated carbocycles. The molecule has 2 heterocycles. The Morgan fingerprint density at radius 3 is 3.05 bits per heavy atom. The van der Waals surface area contributed by atoms with Crippen LogP contribution in [0.5, 0.6) is 5.75 Å². The van der Waals surface area contributed by atoms with E-state index in [1.54, 1.807) is 7.11 Å². The van der Waals surface area contributed by atoms with Gasteiger partial charge in [-0.1, -0.05) is 6.07 Å². The Morgan fingerprint density at radius 2 is 2.32 bits per heavy atom. The third kappa shape index (κ3) is 2.24. The number of aryl methyl sites for hydroxylation is 1. The van der Waals surface area contributed by atoms with Crippen LogP contribution >= 0.6 is 0 Å². The van der Waals surface area contributed by atoms with E-state index in [4.69, 9.17) is 4.74 Å². The topological polar surface area (TPSA) is 39.1 Å². The second kappa shape index (κ2) is 5.05. The van der Waals surface area contributed by atoms with Crippen molar-refractivity contribution in [3.05, 3.63) is 42.0 Å². The molecule has 0 aliphatic carbocycles. The molecule has 3 rings (SSSR count). The Labute approximate surface area is 113 Å². The summed E-state index contributed by atoms with van der Waals surface area (Å²) in [7, 11) is 1.71. The van der Waals surface area contributed by atoms with Crippen LogP contribution in [0.1, 0.15) is 23.6 Å². The smallest absolute Gasteiger partial charge is 0.142 e. The third-order valence-corrected chi connectivity index (χ3v) is 3.74. The number of methoxy groups -OCH3 is 1. The van der Waals surface area contributed by atoms with Crippen LogP contribution in [-0.4, -0.2) is 29.8 Å². The summed E-state index contributed by atoms with van der Waals surface area (Å²) in [4.78, 5) is 4.33. The van der Waals surface area contributed by atoms with Gasteiger partial charge in [0.05, 0.1) is 19.1 Å². The van der Waals surface area contributed by atoms with Crippen molar-refractivity contribution in [2.45, 2.75) is 19.3 Å². The maximum Gasteiger partial charge on any atom is 0.142 e. The molecule has 1 aliphatic heterocycles. The predicted molar refractivity (Wildman–Crippen MR) is 75.1 cm³/mol. The van der Waals surface area contributed by atoms with Gasteiger partial charge in [-0.3, -0.25) is 4.57 Å². The lowest BCUT2D eigenvalue weighted by molar-refractivity contribution is 0.412. The minimum atomic E-state index is 0.535. The molecule has 1 saturated heterocycles. The first-order valence-electron chi connectivity index (χ1n) is 6.67. The van der Waals surface area contributed by atoms with Crippen LogP contribution in [0, 0.1) is 6.92 Å². The Hall–Kier alpha value is -1.81. The van der Waals surface area contributed by atoms with Crippen molar-refractivity contribution in [3.8, 4) is 11.4 Å². The van der Waals surface area contributed by atoms with Crippen LogP contribution in [-0.2, 0) is 0 Å². The molecule has 4 heteroatoms. The van der Waals surface area contributed by atoms with E-state index in [1.165, 1.54) is 17.7 Å². The van der Waals surface area contributed by atoms with Gasteiger partial charge in [0.1, 0.15) is 5.75 Å². The minimum Gasteiger partial charge on any atom is -0.495 e. The normalized spacial score (nSPS) is 18.7. The number of hydrogen-bond acceptors (Lipinski definition) is 3. The molecule has 1 unspecified atom stereocenters. The van der Waals surface area contributed by atoms with E-state index in [9.17, 15) is 0 Å². The summed E-state index contributed by atoms with van der Waals surface area (Å²) in [5.41, 5.74) is 3.55. The van der Waals surface area contributed by atoms with E-state index in [1.807, 2.05) is 18.6 Å². The number of aromatic nitrogens is 2. The summed E-state index contributed by atoms with van der Waals surface area (Å²) in [6, 6.07) is 6.23. The molecule has 4 nitrogen and oxygen atoms in total. The van der Waals surface area contributed by atoms with Crippen LogP contribution in [0.4, 0.5) is 0 Å². The standard InChI is InChI=1S/C15H19N3O/c1-11-3-4-15(19-2)13(7-11)18-10-17-9-14(18)12-5-6-16-8-12/h3-4,7,9-10,12,16H,5-6,8H2,1-2H3. The highest BCUT2D eigenvalue weighted by atomic mass is 16.5. The van der Waals surface area contributed by atoms with Gasteiger partial charge < -0.3 is 10.1 Å². The van der Waals surface area contributed by atoms with Crippen LogP contribution in [0.3, 0.4) is 0 Å². The summed E-state index contributed by atoms with van der Waals surface area (Å²) in [6.07, 6.45) is 5.02. The van der Waals surface area contributed by atoms with Crippen molar-refractivity contribution in [1.82, 2.24) is 14.9 Å². The first kappa shape index (κ1) is 12.2. The zero-order valence-corrected chi connectivity index (χ0v) is 11.4. The predicted octanol–water partition coefficient (Wildman–Crippen LogP) is 2.27. The molecule has 1 atom stereocenters. The van der Waals surface area contributed by atoms with Crippen molar-refractivity contribution in [2.75, 3.05) is 20.2 Å². The van der Waals surface area contributed by atoms with Gasteiger partial charge in [-0.2, -0.15) is 0 Å². The largest absolute Gasteiger partial charge is 0.495 e. The zero-order valence-electron chi connectivity index (χ0n) is 11.4. The van der Waals surface area contributed by atoms with Crippen molar-refractivity contribution in [3.63, 3.8) is 0 Å². The SMILES string of the molecule is COc1ccc(C)cc1-n1cncc1C1CCNC1. The number of nitrogens with one attached hydrogen (secondary N) is 1. The van der Waals surface area contributed by atoms with E-state index in [-0.39, 0.29) is 0 Å². The average Bonchev–Trinajstić information content (AvgIpc) is 3.09. The number of hydrogen-bond donors (Lipinski definition) is 1. The maximum atomic E-state index is 5.48. The van der Waals surface area contributed by atoms with Gasteiger partial charge in [0.25, 0.3) is 0 Å². The fourth-order valence-electron chi connectivity index (χ4n) is 2.70. The molecule has 0 spiro atoms. The van der Waals surface area contributed by atoms with Crippen LogP contribution in [0.25, 0.3) is 5.69 Å². The number of imidazole rings is 1. The van der Waals surface area contributed by atoms with Crippen LogP contribution in [0.15, 0.2) is 30.7 Å². The van der Waals surface area contributed by atoms with Crippen LogP contribution < -0.4 is 10.1 Å². The van der Waals surface area contributed by atoms with Gasteiger partial charge in [0, 0.05) is 24.4 Å². The molecule has 0 amide bonds. The molecule has 1 aliphatic rings. The van der Waals surface area contributed by atoms with Gasteiger partial charge >= 0.3 is 0 Å². The summed E-state index contributed by atoms with van der Waals surface area (Å²) < 4.78 is 7.63. The van der Waals surface area contributed by atoms with E-state index in [0.29, 0.717) is 5.92 Å². The third-order valence-electron chi connectivity index (χ3n) is 3.74. The Morgan fingerprint density at radius 1 is 1.42 bits per heavy atom. The van der Waals surface area contributed by atoms with E-state index in [2.05, 4.69) is 33.9 Å². The Kier molecular flexibility index (Phi) is 3.25. The molecule has 1 aromatic carbocycles. The molecule has 1 N–H and O–H groups in total. The van der Waals surface area contributed by atoms with Gasteiger partial charge in [0.15, 0.2) is 0 Å². The number of nitrogens with zero attached hydrogens (tertiary/aromatic N) is 2. The zero-order chi connectivity index (χ0) is 13.2. The quantitative estimate of drug-likeness (QED) is 0.916. The molecular weight excluding hydrogens is 238 g/mol. The van der Waals surface area contributed by atoms with E-state index in [0.717, 1.165) is 24.5 Å². The first-order valence-corrected chi connectivity index (χ1v) is 6.67. The summed E-state index contributed by atoms with van der Waals surface area (Å²) in [6.45, 7) is 4.21. The lowest BCUT2D eigenvalue weighted by atomic mass is 10.1. The fraction of sp³-hybridized carbons (Fsp3) is 0.400. The highest BCUT2D eigenvalue weighted by Crippen LogP contribution is 2.29. The molecular formula is C15H19N3O. The Bertz CT molecular complexity index is 571. The summed E-state index contributed by atoms with van der Waals surface area (Å²) >= 11 is 0. The minimum absolute atomic E-state index is 0.535. The van der Waals surface area contributed by atoms with E-state index >= 15 is 0 Å². The lowest BCUT2D eigenvalue weighted by Crippen LogP contribution is -2.11. The monoisotopic (exact) mass is 257 g/mol. The van der Waals surface area contributed by atoms with Gasteiger partial charge in [-0.25, -0.2) is 4.98 Å². The second-order valence-electron chi connectivity index (χ2n) is 5.05. The molecule has 19 heavy (non-hydrogen) atoms. The molecule has 0 radical (unpaired) electrons. The van der Waals surface area contributed by atoms with E-state index < -0.39 is 0 Å². The lowest BCUT2D eigenvalue weighted by Gasteiger charge is -2.16. The number of benzene rings is 1. The van der Waals surface area contributed by atoms with Crippen molar-refractivity contribution >= 4 is 0 Å². The second-order valence-corrected chi connectivity index (χ2v) is 5.05. The Balaban J connectivity index is 2.07. The van der Waals surface area contributed by atoms with Gasteiger partial charge in [-0.15, -0.1) is 0 Å². The molecule has 1 aromatic heterocycles. The summed E-state index contributed by atoms with van der Waals surface area (Å²) in [5, 5.41) is 3.41. The number of ether oxygens (including phenoxy) is 1. The molecule has 2 aromatic rings. The summed E-state index contributed by atoms with van der Waals surface area (Å²) in [5.74, 6) is 1.42. The number of rotatable bonds is 3. The van der Waals surface area contributed by atoms with Gasteiger partial charge in [0.2, 0.25) is 0 Å². The van der Waals surface area contributed by atoms with Crippen molar-refractivity contribution < 1.29 is 4.74 Å². The van der Waals surface area contributed by atoms with Crippen molar-refractivity contribution in [1.29, 1.82) is 0 Å². The molecule has 0 bridgehead atoms. The average molecular weight is 257 g/mol. The fourth-order valence-corrected chi connectivity index (χ4v) is 2.70. The van der Waals surface area contributed by atoms with Crippen molar-refractivity contribution in [2.24, 2.45) is 0 Å². The molecule has 100 valence electrons.